The number of aromatic hydroxyl groups is 1. The average Bonchev–Trinajstić information content (AvgIpc) is 3.29. The molecule has 0 radical (unpaired) electrons. The summed E-state index contributed by atoms with van der Waals surface area (Å²) in [5.41, 5.74) is 1.54. The van der Waals surface area contributed by atoms with Crippen LogP contribution in [0.2, 0.25) is 0 Å². The predicted molar refractivity (Wildman–Crippen MR) is 122 cm³/mol. The lowest BCUT2D eigenvalue weighted by Crippen LogP contribution is -2.30. The minimum atomic E-state index is -0.591. The lowest BCUT2D eigenvalue weighted by Gasteiger charge is -2.25. The van der Waals surface area contributed by atoms with Crippen LogP contribution < -0.4 is 5.32 Å². The number of piperidine rings is 1. The van der Waals surface area contributed by atoms with E-state index in [1.165, 1.54) is 19.3 Å². The second-order valence-electron chi connectivity index (χ2n) is 8.11. The molecule has 1 unspecified atom stereocenters. The van der Waals surface area contributed by atoms with Crippen LogP contribution in [0.15, 0.2) is 65.3 Å². The van der Waals surface area contributed by atoms with Gasteiger partial charge in [0.2, 0.25) is 0 Å². The molecule has 7 heteroatoms. The van der Waals surface area contributed by atoms with Crippen LogP contribution in [0.1, 0.15) is 59.2 Å². The van der Waals surface area contributed by atoms with Crippen molar-refractivity contribution in [2.45, 2.75) is 38.3 Å². The largest absolute Gasteiger partial charge is 0.508 e. The number of furan rings is 1. The van der Waals surface area contributed by atoms with E-state index < -0.39 is 6.04 Å². The minimum Gasteiger partial charge on any atom is -0.508 e. The van der Waals surface area contributed by atoms with Crippen LogP contribution in [0.3, 0.4) is 0 Å². The van der Waals surface area contributed by atoms with E-state index in [1.54, 1.807) is 54.9 Å². The summed E-state index contributed by atoms with van der Waals surface area (Å²) in [6.07, 6.45) is 7.13. The highest BCUT2D eigenvalue weighted by Gasteiger charge is 2.23. The number of nitrogens with zero attached hydrogens (tertiary/aromatic N) is 2. The molecule has 3 aromatic rings. The molecule has 1 aliphatic heterocycles. The minimum absolute atomic E-state index is 0.0713. The summed E-state index contributed by atoms with van der Waals surface area (Å²) in [6.45, 7) is 2.80. The molecule has 1 aliphatic rings. The number of pyridine rings is 1. The van der Waals surface area contributed by atoms with Crippen LogP contribution in [0.4, 0.5) is 0 Å². The third kappa shape index (κ3) is 5.42. The first kappa shape index (κ1) is 21.8. The monoisotopic (exact) mass is 432 g/mol. The van der Waals surface area contributed by atoms with Crippen molar-refractivity contribution in [1.82, 2.24) is 15.2 Å². The Kier molecular flexibility index (Phi) is 6.97. The van der Waals surface area contributed by atoms with E-state index in [9.17, 15) is 9.90 Å². The highest BCUT2D eigenvalue weighted by atomic mass is 16.4. The first-order chi connectivity index (χ1) is 15.6. The van der Waals surface area contributed by atoms with E-state index in [4.69, 9.17) is 9.83 Å². The molecule has 2 aromatic heterocycles. The SMILES string of the molecule is N=C(CC(NC(=O)c1ccc(CN2CCCCC2)o1)c1ccccc1O)c1cccnc1. The molecule has 1 aromatic carbocycles. The predicted octanol–water partition coefficient (Wildman–Crippen LogP) is 4.30. The van der Waals surface area contributed by atoms with Gasteiger partial charge in [0.05, 0.1) is 12.6 Å². The number of amides is 1. The van der Waals surface area contributed by atoms with Crippen molar-refractivity contribution in [3.05, 3.63) is 83.6 Å². The molecule has 0 spiro atoms. The van der Waals surface area contributed by atoms with Crippen molar-refractivity contribution in [3.8, 4) is 5.75 Å². The quantitative estimate of drug-likeness (QED) is 0.461. The summed E-state index contributed by atoms with van der Waals surface area (Å²) in [6, 6.07) is 13.4. The fraction of sp³-hybridized carbons (Fsp3) is 0.320. The standard InChI is InChI=1S/C25H28N4O3/c26-21(18-7-6-12-27-16-18)15-22(20-8-2-3-9-23(20)30)28-25(31)24-11-10-19(32-24)17-29-13-4-1-5-14-29/h2-3,6-12,16,22,26,30H,1,4-5,13-15,17H2,(H,28,31). The number of rotatable bonds is 8. The van der Waals surface area contributed by atoms with Crippen LogP contribution in [-0.2, 0) is 6.54 Å². The smallest absolute Gasteiger partial charge is 0.287 e. The van der Waals surface area contributed by atoms with Crippen LogP contribution >= 0.6 is 0 Å². The second-order valence-corrected chi connectivity index (χ2v) is 8.11. The van der Waals surface area contributed by atoms with E-state index in [0.29, 0.717) is 23.4 Å². The van der Waals surface area contributed by atoms with E-state index in [-0.39, 0.29) is 23.8 Å². The number of para-hydroxylation sites is 1. The molecule has 0 bridgehead atoms. The Bertz CT molecular complexity index is 1060. The van der Waals surface area contributed by atoms with Gasteiger partial charge in [0, 0.05) is 35.7 Å². The number of hydrogen-bond acceptors (Lipinski definition) is 6. The van der Waals surface area contributed by atoms with Crippen molar-refractivity contribution >= 4 is 11.6 Å². The molecule has 1 fully saturated rings. The number of carbonyl (C=O) groups excluding carboxylic acids is 1. The van der Waals surface area contributed by atoms with E-state index >= 15 is 0 Å². The van der Waals surface area contributed by atoms with Gasteiger partial charge in [-0.3, -0.25) is 14.7 Å². The summed E-state index contributed by atoms with van der Waals surface area (Å²) >= 11 is 0. The molecule has 0 saturated carbocycles. The molecule has 3 heterocycles. The maximum Gasteiger partial charge on any atom is 0.287 e. The van der Waals surface area contributed by atoms with Crippen molar-refractivity contribution in [2.75, 3.05) is 13.1 Å². The molecule has 1 atom stereocenters. The van der Waals surface area contributed by atoms with Crippen LogP contribution in [0.25, 0.3) is 0 Å². The molecular weight excluding hydrogens is 404 g/mol. The van der Waals surface area contributed by atoms with Crippen molar-refractivity contribution < 1.29 is 14.3 Å². The maximum absolute atomic E-state index is 13.0. The zero-order chi connectivity index (χ0) is 22.3. The highest BCUT2D eigenvalue weighted by molar-refractivity contribution is 5.99. The fourth-order valence-corrected chi connectivity index (χ4v) is 4.04. The first-order valence-corrected chi connectivity index (χ1v) is 11.0. The number of phenols is 1. The second kappa shape index (κ2) is 10.2. The summed E-state index contributed by atoms with van der Waals surface area (Å²) in [5, 5.41) is 21.8. The Morgan fingerprint density at radius 3 is 2.69 bits per heavy atom. The van der Waals surface area contributed by atoms with Crippen molar-refractivity contribution in [2.24, 2.45) is 0 Å². The van der Waals surface area contributed by atoms with Gasteiger partial charge in [-0.2, -0.15) is 0 Å². The van der Waals surface area contributed by atoms with Gasteiger partial charge in [0.15, 0.2) is 5.76 Å². The van der Waals surface area contributed by atoms with Crippen LogP contribution in [0.5, 0.6) is 5.75 Å². The van der Waals surface area contributed by atoms with Gasteiger partial charge < -0.3 is 20.2 Å². The molecule has 4 rings (SSSR count). The lowest BCUT2D eigenvalue weighted by atomic mass is 9.97. The molecule has 1 saturated heterocycles. The summed E-state index contributed by atoms with van der Waals surface area (Å²) in [7, 11) is 0. The molecule has 166 valence electrons. The van der Waals surface area contributed by atoms with Crippen LogP contribution in [0, 0.1) is 5.41 Å². The fourth-order valence-electron chi connectivity index (χ4n) is 4.04. The molecule has 7 nitrogen and oxygen atoms in total. The lowest BCUT2D eigenvalue weighted by molar-refractivity contribution is 0.0904. The first-order valence-electron chi connectivity index (χ1n) is 11.0. The van der Waals surface area contributed by atoms with Gasteiger partial charge >= 0.3 is 0 Å². The van der Waals surface area contributed by atoms with Crippen molar-refractivity contribution in [3.63, 3.8) is 0 Å². The molecule has 3 N–H and O–H groups in total. The Morgan fingerprint density at radius 2 is 1.94 bits per heavy atom. The topological polar surface area (TPSA) is 102 Å². The van der Waals surface area contributed by atoms with Gasteiger partial charge in [-0.15, -0.1) is 0 Å². The van der Waals surface area contributed by atoms with Gasteiger partial charge in [0.1, 0.15) is 11.5 Å². The Balaban J connectivity index is 1.48. The summed E-state index contributed by atoms with van der Waals surface area (Å²) in [5.74, 6) is 0.689. The number of phenolic OH excluding ortho intramolecular Hbond substituents is 1. The number of benzene rings is 1. The Morgan fingerprint density at radius 1 is 1.12 bits per heavy atom. The number of hydrogen-bond donors (Lipinski definition) is 3. The molecule has 1 amide bonds. The van der Waals surface area contributed by atoms with E-state index in [2.05, 4.69) is 15.2 Å². The summed E-state index contributed by atoms with van der Waals surface area (Å²) < 4.78 is 5.82. The molecular formula is C25H28N4O3. The van der Waals surface area contributed by atoms with Gasteiger partial charge in [0.25, 0.3) is 5.91 Å². The number of nitrogens with one attached hydrogen (secondary N) is 2. The molecule has 32 heavy (non-hydrogen) atoms. The third-order valence-corrected chi connectivity index (χ3v) is 5.75. The van der Waals surface area contributed by atoms with Gasteiger partial charge in [-0.1, -0.05) is 30.7 Å². The number of aromatic nitrogens is 1. The number of carbonyl (C=O) groups is 1. The van der Waals surface area contributed by atoms with E-state index in [0.717, 1.165) is 18.8 Å². The average molecular weight is 433 g/mol. The maximum atomic E-state index is 13.0. The van der Waals surface area contributed by atoms with Crippen LogP contribution in [-0.4, -0.2) is 39.7 Å². The zero-order valence-corrected chi connectivity index (χ0v) is 18.0. The molecule has 0 aliphatic carbocycles. The van der Waals surface area contributed by atoms with E-state index in [1.807, 2.05) is 6.07 Å². The zero-order valence-electron chi connectivity index (χ0n) is 18.0. The van der Waals surface area contributed by atoms with Gasteiger partial charge in [-0.25, -0.2) is 0 Å². The normalized spacial score (nSPS) is 15.2. The van der Waals surface area contributed by atoms with Gasteiger partial charge in [-0.05, 0) is 50.2 Å². The third-order valence-electron chi connectivity index (χ3n) is 5.75. The Labute approximate surface area is 187 Å². The Hall–Kier alpha value is -3.45. The van der Waals surface area contributed by atoms with Crippen molar-refractivity contribution in [1.29, 1.82) is 5.41 Å². The highest BCUT2D eigenvalue weighted by Crippen LogP contribution is 2.28. The number of likely N-dealkylation sites (tertiary alicyclic amines) is 1. The summed E-state index contributed by atoms with van der Waals surface area (Å²) in [4.78, 5) is 19.4.